The second-order valence-electron chi connectivity index (χ2n) is 3.50. The molecule has 0 spiro atoms. The molecule has 7 heteroatoms. The van der Waals surface area contributed by atoms with Crippen LogP contribution in [0.3, 0.4) is 0 Å². The van der Waals surface area contributed by atoms with Crippen molar-refractivity contribution in [1.82, 2.24) is 0 Å². The van der Waals surface area contributed by atoms with E-state index in [-0.39, 0.29) is 23.5 Å². The van der Waals surface area contributed by atoms with E-state index in [0.717, 1.165) is 12.1 Å². The number of hydrogen-bond acceptors (Lipinski definition) is 3. The van der Waals surface area contributed by atoms with Crippen LogP contribution >= 0.6 is 15.9 Å². The van der Waals surface area contributed by atoms with Gasteiger partial charge in [-0.15, -0.1) is 13.2 Å². The Balaban J connectivity index is 3.07. The highest BCUT2D eigenvalue weighted by Gasteiger charge is 2.31. The second-order valence-corrected chi connectivity index (χ2v) is 4.29. The minimum atomic E-state index is -4.79. The lowest BCUT2D eigenvalue weighted by Gasteiger charge is -2.13. The normalized spacial score (nSPS) is 11.2. The number of hydrogen-bond donors (Lipinski definition) is 0. The van der Waals surface area contributed by atoms with Crippen LogP contribution in [0.5, 0.6) is 11.5 Å². The maximum atomic E-state index is 12.1. The molecule has 1 aromatic carbocycles. The van der Waals surface area contributed by atoms with Gasteiger partial charge in [-0.25, -0.2) is 0 Å². The Morgan fingerprint density at radius 3 is 2.58 bits per heavy atom. The third-order valence-corrected chi connectivity index (χ3v) is 2.50. The first-order chi connectivity index (χ1) is 8.87. The van der Waals surface area contributed by atoms with Gasteiger partial charge in [-0.3, -0.25) is 4.79 Å². The standard InChI is InChI=1S/C12H12BrF3O3/c1-2-18-11-4-3-8(19-12(14,15)16)7-9(11)10(17)5-6-13/h3-4,7H,2,5-6H2,1H3. The third kappa shape index (κ3) is 5.10. The van der Waals surface area contributed by atoms with Gasteiger partial charge in [0.15, 0.2) is 5.78 Å². The summed E-state index contributed by atoms with van der Waals surface area (Å²) in [6.45, 7) is 2.03. The van der Waals surface area contributed by atoms with Crippen LogP contribution in [-0.2, 0) is 0 Å². The molecule has 3 nitrogen and oxygen atoms in total. The Morgan fingerprint density at radius 2 is 2.05 bits per heavy atom. The number of alkyl halides is 4. The quantitative estimate of drug-likeness (QED) is 0.581. The molecule has 0 unspecified atom stereocenters. The number of carbonyl (C=O) groups excluding carboxylic acids is 1. The maximum absolute atomic E-state index is 12.1. The van der Waals surface area contributed by atoms with E-state index in [1.807, 2.05) is 0 Å². The van der Waals surface area contributed by atoms with E-state index in [1.54, 1.807) is 6.92 Å². The Bertz CT molecular complexity index is 446. The van der Waals surface area contributed by atoms with Gasteiger partial charge in [0, 0.05) is 11.8 Å². The second kappa shape index (κ2) is 6.79. The van der Waals surface area contributed by atoms with Crippen molar-refractivity contribution in [2.45, 2.75) is 19.7 Å². The lowest BCUT2D eigenvalue weighted by Crippen LogP contribution is -2.17. The summed E-state index contributed by atoms with van der Waals surface area (Å²) in [6.07, 6.45) is -4.63. The van der Waals surface area contributed by atoms with Crippen LogP contribution in [-0.4, -0.2) is 24.1 Å². The number of halogens is 4. The number of rotatable bonds is 6. The first kappa shape index (κ1) is 15.8. The van der Waals surface area contributed by atoms with Crippen molar-refractivity contribution in [3.63, 3.8) is 0 Å². The zero-order valence-electron chi connectivity index (χ0n) is 10.1. The molecule has 0 radical (unpaired) electrons. The van der Waals surface area contributed by atoms with Crippen molar-refractivity contribution in [1.29, 1.82) is 0 Å². The molecule has 0 saturated heterocycles. The first-order valence-corrected chi connectivity index (χ1v) is 6.61. The molecule has 0 bridgehead atoms. The van der Waals surface area contributed by atoms with Crippen LogP contribution in [0.2, 0.25) is 0 Å². The van der Waals surface area contributed by atoms with Crippen LogP contribution in [0.1, 0.15) is 23.7 Å². The maximum Gasteiger partial charge on any atom is 0.573 e. The van der Waals surface area contributed by atoms with E-state index >= 15 is 0 Å². The van der Waals surface area contributed by atoms with Crippen LogP contribution in [0.15, 0.2) is 18.2 Å². The van der Waals surface area contributed by atoms with Gasteiger partial charge in [0.2, 0.25) is 0 Å². The largest absolute Gasteiger partial charge is 0.573 e. The SMILES string of the molecule is CCOc1ccc(OC(F)(F)F)cc1C(=O)CCBr. The minimum Gasteiger partial charge on any atom is -0.493 e. The number of ketones is 1. The smallest absolute Gasteiger partial charge is 0.493 e. The van der Waals surface area contributed by atoms with E-state index in [1.165, 1.54) is 6.07 Å². The fraction of sp³-hybridized carbons (Fsp3) is 0.417. The van der Waals surface area contributed by atoms with Gasteiger partial charge >= 0.3 is 6.36 Å². The zero-order chi connectivity index (χ0) is 14.5. The lowest BCUT2D eigenvalue weighted by atomic mass is 10.1. The van der Waals surface area contributed by atoms with Gasteiger partial charge < -0.3 is 9.47 Å². The zero-order valence-corrected chi connectivity index (χ0v) is 11.7. The van der Waals surface area contributed by atoms with Gasteiger partial charge in [0.25, 0.3) is 0 Å². The predicted molar refractivity (Wildman–Crippen MR) is 67.0 cm³/mol. The van der Waals surface area contributed by atoms with E-state index in [2.05, 4.69) is 20.7 Å². The average Bonchev–Trinajstić information content (AvgIpc) is 2.29. The average molecular weight is 341 g/mol. The summed E-state index contributed by atoms with van der Waals surface area (Å²) < 4.78 is 45.4. The number of carbonyl (C=O) groups is 1. The molecule has 0 amide bonds. The molecule has 0 aliphatic carbocycles. The molecule has 0 saturated carbocycles. The third-order valence-electron chi connectivity index (χ3n) is 2.11. The van der Waals surface area contributed by atoms with E-state index in [0.29, 0.717) is 11.9 Å². The predicted octanol–water partition coefficient (Wildman–Crippen LogP) is 3.95. The van der Waals surface area contributed by atoms with E-state index < -0.39 is 12.1 Å². The molecule has 0 N–H and O–H groups in total. The van der Waals surface area contributed by atoms with Crippen molar-refractivity contribution in [3.05, 3.63) is 23.8 Å². The molecule has 0 aliphatic rings. The van der Waals surface area contributed by atoms with Crippen molar-refractivity contribution >= 4 is 21.7 Å². The highest BCUT2D eigenvalue weighted by molar-refractivity contribution is 9.09. The highest BCUT2D eigenvalue weighted by atomic mass is 79.9. The van der Waals surface area contributed by atoms with Crippen LogP contribution in [0.25, 0.3) is 0 Å². The molecule has 19 heavy (non-hydrogen) atoms. The molecular formula is C12H12BrF3O3. The minimum absolute atomic E-state index is 0.0862. The van der Waals surface area contributed by atoms with Crippen molar-refractivity contribution in [3.8, 4) is 11.5 Å². The summed E-state index contributed by atoms with van der Waals surface area (Å²) in [5.74, 6) is -0.496. The Morgan fingerprint density at radius 1 is 1.37 bits per heavy atom. The Kier molecular flexibility index (Phi) is 5.65. The number of Topliss-reactive ketones (excluding diaryl/α,β-unsaturated/α-hetero) is 1. The summed E-state index contributed by atoms with van der Waals surface area (Å²) >= 11 is 3.11. The van der Waals surface area contributed by atoms with Crippen LogP contribution in [0.4, 0.5) is 13.2 Å². The molecule has 0 heterocycles. The van der Waals surface area contributed by atoms with E-state index in [4.69, 9.17) is 4.74 Å². The first-order valence-electron chi connectivity index (χ1n) is 5.49. The fourth-order valence-electron chi connectivity index (χ4n) is 1.43. The summed E-state index contributed by atoms with van der Waals surface area (Å²) in [6, 6.07) is 3.46. The molecule has 0 aliphatic heterocycles. The van der Waals surface area contributed by atoms with Crippen molar-refractivity contribution < 1.29 is 27.4 Å². The van der Waals surface area contributed by atoms with Gasteiger partial charge in [0.1, 0.15) is 11.5 Å². The topological polar surface area (TPSA) is 35.5 Å². The van der Waals surface area contributed by atoms with Crippen LogP contribution < -0.4 is 9.47 Å². The highest BCUT2D eigenvalue weighted by Crippen LogP contribution is 2.29. The Hall–Kier alpha value is -1.24. The summed E-state index contributed by atoms with van der Waals surface area (Å²) in [7, 11) is 0. The van der Waals surface area contributed by atoms with Crippen molar-refractivity contribution in [2.75, 3.05) is 11.9 Å². The van der Waals surface area contributed by atoms with Crippen molar-refractivity contribution in [2.24, 2.45) is 0 Å². The number of benzene rings is 1. The van der Waals surface area contributed by atoms with Gasteiger partial charge in [-0.05, 0) is 25.1 Å². The van der Waals surface area contributed by atoms with Gasteiger partial charge in [0.05, 0.1) is 12.2 Å². The lowest BCUT2D eigenvalue weighted by molar-refractivity contribution is -0.274. The monoisotopic (exact) mass is 340 g/mol. The molecule has 1 aromatic rings. The van der Waals surface area contributed by atoms with Crippen LogP contribution in [0, 0.1) is 0 Å². The molecule has 0 aromatic heterocycles. The van der Waals surface area contributed by atoms with Gasteiger partial charge in [-0.2, -0.15) is 0 Å². The Labute approximate surface area is 116 Å². The molecule has 0 fully saturated rings. The molecule has 0 atom stereocenters. The summed E-state index contributed by atoms with van der Waals surface area (Å²) in [4.78, 5) is 11.8. The molecule has 106 valence electrons. The summed E-state index contributed by atoms with van der Waals surface area (Å²) in [5.41, 5.74) is 0.0862. The fourth-order valence-corrected chi connectivity index (χ4v) is 1.79. The van der Waals surface area contributed by atoms with E-state index in [9.17, 15) is 18.0 Å². The molecule has 1 rings (SSSR count). The number of ether oxygens (including phenoxy) is 2. The summed E-state index contributed by atoms with van der Waals surface area (Å²) in [5, 5.41) is 0.418. The molecular weight excluding hydrogens is 329 g/mol. The van der Waals surface area contributed by atoms with Gasteiger partial charge in [-0.1, -0.05) is 15.9 Å².